The van der Waals surface area contributed by atoms with Crippen molar-refractivity contribution in [3.63, 3.8) is 0 Å². The topological polar surface area (TPSA) is 132 Å². The summed E-state index contributed by atoms with van der Waals surface area (Å²) in [5, 5.41) is 24.7. The number of primary amides is 1. The molecular formula is C22H21F2N7O2S. The van der Waals surface area contributed by atoms with Crippen LogP contribution in [0.15, 0.2) is 36.4 Å². The molecule has 4 aromatic rings. The Kier molecular flexibility index (Phi) is 6.11. The number of hydrogen-bond acceptors (Lipinski definition) is 8. The Balaban J connectivity index is 1.68. The van der Waals surface area contributed by atoms with Gasteiger partial charge in [0.15, 0.2) is 5.82 Å². The summed E-state index contributed by atoms with van der Waals surface area (Å²) in [6.45, 7) is 2.86. The number of amides is 1. The molecule has 9 nitrogen and oxygen atoms in total. The molecule has 0 bridgehead atoms. The van der Waals surface area contributed by atoms with Crippen LogP contribution in [-0.4, -0.2) is 36.2 Å². The lowest BCUT2D eigenvalue weighted by Gasteiger charge is -2.18. The summed E-state index contributed by atoms with van der Waals surface area (Å²) in [6.07, 6.45) is 0.376. The highest BCUT2D eigenvalue weighted by molar-refractivity contribution is 7.20. The molecule has 1 amide bonds. The highest BCUT2D eigenvalue weighted by atomic mass is 32.1. The van der Waals surface area contributed by atoms with Crippen LogP contribution in [0.1, 0.15) is 41.3 Å². The zero-order valence-electron chi connectivity index (χ0n) is 18.5. The second kappa shape index (κ2) is 8.88. The molecule has 0 spiro atoms. The molecule has 34 heavy (non-hydrogen) atoms. The molecule has 0 aliphatic carbocycles. The van der Waals surface area contributed by atoms with Crippen molar-refractivity contribution < 1.29 is 18.7 Å². The third-order valence-electron chi connectivity index (χ3n) is 5.09. The predicted octanol–water partition coefficient (Wildman–Crippen LogP) is 3.27. The molecule has 0 fully saturated rings. The first-order valence-corrected chi connectivity index (χ1v) is 10.9. The number of tetrazole rings is 1. The van der Waals surface area contributed by atoms with Gasteiger partial charge in [-0.2, -0.15) is 0 Å². The summed E-state index contributed by atoms with van der Waals surface area (Å²) in [5.41, 5.74) is 4.61. The number of aryl methyl sites for hydroxylation is 1. The van der Waals surface area contributed by atoms with Crippen molar-refractivity contribution in [2.75, 3.05) is 5.32 Å². The van der Waals surface area contributed by atoms with Crippen molar-refractivity contribution in [3.8, 4) is 10.4 Å². The van der Waals surface area contributed by atoms with Crippen LogP contribution in [0.5, 0.6) is 0 Å². The summed E-state index contributed by atoms with van der Waals surface area (Å²) >= 11 is 0.960. The second-order valence-electron chi connectivity index (χ2n) is 8.13. The molecule has 4 rings (SSSR count). The first-order valence-electron chi connectivity index (χ1n) is 10.1. The van der Waals surface area contributed by atoms with E-state index in [9.17, 15) is 18.7 Å². The molecule has 0 unspecified atom stereocenters. The molecule has 1 aromatic carbocycles. The monoisotopic (exact) mass is 485 g/mol. The van der Waals surface area contributed by atoms with Gasteiger partial charge in [0.25, 0.3) is 5.91 Å². The Labute approximate surface area is 197 Å². The number of halogens is 2. The second-order valence-corrected chi connectivity index (χ2v) is 9.18. The van der Waals surface area contributed by atoms with Crippen molar-refractivity contribution in [1.29, 1.82) is 0 Å². The number of nitrogens with two attached hydrogens (primary N) is 1. The number of carbonyl (C=O) groups is 1. The van der Waals surface area contributed by atoms with E-state index in [1.165, 1.54) is 24.6 Å². The van der Waals surface area contributed by atoms with E-state index in [1.54, 1.807) is 25.2 Å². The molecule has 0 saturated carbocycles. The maximum atomic E-state index is 14.9. The van der Waals surface area contributed by atoms with Gasteiger partial charge in [-0.25, -0.2) is 18.4 Å². The lowest BCUT2D eigenvalue weighted by molar-refractivity contribution is 0.0778. The van der Waals surface area contributed by atoms with Crippen LogP contribution in [0.2, 0.25) is 0 Å². The van der Waals surface area contributed by atoms with Gasteiger partial charge in [0, 0.05) is 11.9 Å². The van der Waals surface area contributed by atoms with Gasteiger partial charge in [-0.1, -0.05) is 6.07 Å². The van der Waals surface area contributed by atoms with Crippen LogP contribution in [-0.2, 0) is 19.1 Å². The Morgan fingerprint density at radius 3 is 2.53 bits per heavy atom. The van der Waals surface area contributed by atoms with E-state index in [-0.39, 0.29) is 26.6 Å². The minimum absolute atomic E-state index is 0.0649. The van der Waals surface area contributed by atoms with E-state index < -0.39 is 23.1 Å². The minimum Gasteiger partial charge on any atom is -0.386 e. The van der Waals surface area contributed by atoms with Crippen molar-refractivity contribution in [2.45, 2.75) is 25.9 Å². The van der Waals surface area contributed by atoms with Gasteiger partial charge in [0.05, 0.1) is 28.8 Å². The standard InChI is InChI=1S/C22H21F2N7O2S/c1-22(2,33)11-7-14(23)19(15(24)8-11)16-10-13(20(25)32)21(34-16)27-17-6-4-5-12(26-17)9-18-28-29-30-31(18)3/h4-8,10,33H,9H2,1-3H3,(H2,25,32)(H,26,27). The molecule has 0 atom stereocenters. The van der Waals surface area contributed by atoms with Crippen LogP contribution in [0.25, 0.3) is 10.4 Å². The highest BCUT2D eigenvalue weighted by Gasteiger charge is 2.24. The van der Waals surface area contributed by atoms with Gasteiger partial charge in [-0.15, -0.1) is 16.4 Å². The fraction of sp³-hybridized carbons (Fsp3) is 0.227. The van der Waals surface area contributed by atoms with E-state index >= 15 is 0 Å². The largest absolute Gasteiger partial charge is 0.386 e. The third kappa shape index (κ3) is 4.77. The summed E-state index contributed by atoms with van der Waals surface area (Å²) < 4.78 is 31.2. The average Bonchev–Trinajstić information content (AvgIpc) is 3.33. The SMILES string of the molecule is Cn1nnnc1Cc1cccc(Nc2sc(-c3c(F)cc(C(C)(C)O)cc3F)cc2C(N)=O)n1. The van der Waals surface area contributed by atoms with Crippen LogP contribution in [0.3, 0.4) is 0 Å². The fourth-order valence-electron chi connectivity index (χ4n) is 3.28. The quantitative estimate of drug-likeness (QED) is 0.366. The van der Waals surface area contributed by atoms with Gasteiger partial charge in [0.2, 0.25) is 0 Å². The van der Waals surface area contributed by atoms with Crippen LogP contribution < -0.4 is 11.1 Å². The molecule has 3 heterocycles. The van der Waals surface area contributed by atoms with E-state index in [2.05, 4.69) is 25.8 Å². The highest BCUT2D eigenvalue weighted by Crippen LogP contribution is 2.40. The Morgan fingerprint density at radius 2 is 1.94 bits per heavy atom. The van der Waals surface area contributed by atoms with Crippen molar-refractivity contribution in [2.24, 2.45) is 12.8 Å². The molecule has 0 saturated heterocycles. The molecule has 12 heteroatoms. The van der Waals surface area contributed by atoms with Crippen molar-refractivity contribution in [1.82, 2.24) is 25.2 Å². The van der Waals surface area contributed by atoms with Crippen LogP contribution in [0.4, 0.5) is 19.6 Å². The van der Waals surface area contributed by atoms with Crippen LogP contribution >= 0.6 is 11.3 Å². The number of nitrogens with one attached hydrogen (secondary N) is 1. The number of nitrogens with zero attached hydrogens (tertiary/aromatic N) is 5. The molecule has 4 N–H and O–H groups in total. The summed E-state index contributed by atoms with van der Waals surface area (Å²) in [7, 11) is 1.72. The number of aliphatic hydroxyl groups is 1. The van der Waals surface area contributed by atoms with Crippen molar-refractivity contribution >= 4 is 28.1 Å². The van der Waals surface area contributed by atoms with Gasteiger partial charge in [-0.05, 0) is 60.2 Å². The number of hydrogen-bond donors (Lipinski definition) is 3. The number of benzene rings is 1. The Bertz CT molecular complexity index is 1350. The summed E-state index contributed by atoms with van der Waals surface area (Å²) in [4.78, 5) is 16.7. The van der Waals surface area contributed by atoms with Gasteiger partial charge in [0.1, 0.15) is 22.5 Å². The fourth-order valence-corrected chi connectivity index (χ4v) is 4.39. The number of pyridine rings is 1. The zero-order chi connectivity index (χ0) is 24.6. The van der Waals surface area contributed by atoms with Gasteiger partial charge < -0.3 is 16.2 Å². The first kappa shape index (κ1) is 23.4. The number of anilines is 2. The predicted molar refractivity (Wildman–Crippen MR) is 123 cm³/mol. The smallest absolute Gasteiger partial charge is 0.251 e. The lowest BCUT2D eigenvalue weighted by atomic mass is 9.96. The van der Waals surface area contributed by atoms with Gasteiger partial charge in [-0.3, -0.25) is 4.79 Å². The molecular weight excluding hydrogens is 464 g/mol. The maximum Gasteiger partial charge on any atom is 0.251 e. The maximum absolute atomic E-state index is 14.9. The first-order chi connectivity index (χ1) is 16.0. The van der Waals surface area contributed by atoms with Crippen molar-refractivity contribution in [3.05, 3.63) is 70.7 Å². The summed E-state index contributed by atoms with van der Waals surface area (Å²) in [6, 6.07) is 8.71. The number of aromatic nitrogens is 5. The summed E-state index contributed by atoms with van der Waals surface area (Å²) in [5.74, 6) is -1.47. The molecule has 3 aromatic heterocycles. The zero-order valence-corrected chi connectivity index (χ0v) is 19.3. The number of rotatable bonds is 7. The van der Waals surface area contributed by atoms with E-state index in [4.69, 9.17) is 5.73 Å². The Morgan fingerprint density at radius 1 is 1.24 bits per heavy atom. The normalized spacial score (nSPS) is 11.6. The number of thiophene rings is 1. The van der Waals surface area contributed by atoms with E-state index in [0.29, 0.717) is 23.8 Å². The van der Waals surface area contributed by atoms with Crippen LogP contribution in [0, 0.1) is 11.6 Å². The minimum atomic E-state index is -1.42. The molecule has 0 radical (unpaired) electrons. The molecule has 176 valence electrons. The number of carbonyl (C=O) groups excluding carboxylic acids is 1. The van der Waals surface area contributed by atoms with Gasteiger partial charge >= 0.3 is 0 Å². The van der Waals surface area contributed by atoms with E-state index in [1.807, 2.05) is 0 Å². The average molecular weight is 486 g/mol. The lowest BCUT2D eigenvalue weighted by Crippen LogP contribution is -2.16. The Hall–Kier alpha value is -3.77. The van der Waals surface area contributed by atoms with E-state index in [0.717, 1.165) is 23.5 Å². The molecule has 0 aliphatic heterocycles. The third-order valence-corrected chi connectivity index (χ3v) is 6.16. The molecule has 0 aliphatic rings.